The van der Waals surface area contributed by atoms with Crippen LogP contribution in [-0.2, 0) is 4.74 Å². The molecule has 1 fully saturated rings. The Morgan fingerprint density at radius 3 is 2.39 bits per heavy atom. The predicted molar refractivity (Wildman–Crippen MR) is 131 cm³/mol. The molecule has 3 aliphatic rings. The first-order chi connectivity index (χ1) is 16.2. The van der Waals surface area contributed by atoms with Crippen molar-refractivity contribution in [1.29, 1.82) is 0 Å². The number of carbonyl (C=O) groups is 2. The molecule has 3 heterocycles. The van der Waals surface area contributed by atoms with Gasteiger partial charge < -0.3 is 4.74 Å². The van der Waals surface area contributed by atoms with Crippen molar-refractivity contribution in [2.24, 2.45) is 0 Å². The summed E-state index contributed by atoms with van der Waals surface area (Å²) in [5.74, 6) is 0.0740. The number of hydrogen-bond acceptors (Lipinski definition) is 4. The molecule has 166 valence electrons. The van der Waals surface area contributed by atoms with Crippen LogP contribution in [0.25, 0.3) is 16.7 Å². The Hall–Kier alpha value is -3.18. The number of aldehydes is 1. The second-order valence-electron chi connectivity index (χ2n) is 9.08. The Kier molecular flexibility index (Phi) is 5.14. The van der Waals surface area contributed by atoms with Gasteiger partial charge in [0, 0.05) is 16.8 Å². The van der Waals surface area contributed by atoms with Crippen LogP contribution >= 0.6 is 11.3 Å². The van der Waals surface area contributed by atoms with Crippen molar-refractivity contribution < 1.29 is 14.3 Å². The molecule has 1 aliphatic carbocycles. The van der Waals surface area contributed by atoms with Gasteiger partial charge in [-0.1, -0.05) is 54.6 Å². The summed E-state index contributed by atoms with van der Waals surface area (Å²) in [6.07, 6.45) is 6.80. The highest BCUT2D eigenvalue weighted by molar-refractivity contribution is 7.14. The maximum Gasteiger partial charge on any atom is 0.410 e. The van der Waals surface area contributed by atoms with Crippen molar-refractivity contribution in [3.63, 3.8) is 0 Å². The van der Waals surface area contributed by atoms with Gasteiger partial charge in [-0.3, -0.25) is 9.69 Å². The van der Waals surface area contributed by atoms with E-state index in [2.05, 4.69) is 54.6 Å². The number of thiophene rings is 1. The molecule has 2 aliphatic heterocycles. The smallest absolute Gasteiger partial charge is 0.410 e. The summed E-state index contributed by atoms with van der Waals surface area (Å²) in [7, 11) is 0. The molecule has 2 unspecified atom stereocenters. The Bertz CT molecular complexity index is 1210. The van der Waals surface area contributed by atoms with E-state index >= 15 is 0 Å². The average Bonchev–Trinajstić information content (AvgIpc) is 3.45. The summed E-state index contributed by atoms with van der Waals surface area (Å²) in [6, 6.07) is 21.0. The number of nitrogens with zero attached hydrogens (tertiary/aromatic N) is 1. The summed E-state index contributed by atoms with van der Waals surface area (Å²) in [4.78, 5) is 28.3. The minimum absolute atomic E-state index is 0.0601. The van der Waals surface area contributed by atoms with Gasteiger partial charge in [-0.15, -0.1) is 11.3 Å². The lowest BCUT2D eigenvalue weighted by molar-refractivity contribution is 0.0539. The van der Waals surface area contributed by atoms with Gasteiger partial charge in [-0.2, -0.15) is 0 Å². The first-order valence-corrected chi connectivity index (χ1v) is 12.4. The molecular formula is C28H25NO3S. The van der Waals surface area contributed by atoms with Crippen molar-refractivity contribution >= 4 is 29.3 Å². The fourth-order valence-electron chi connectivity index (χ4n) is 5.75. The molecule has 33 heavy (non-hydrogen) atoms. The zero-order valence-electron chi connectivity index (χ0n) is 18.3. The van der Waals surface area contributed by atoms with Crippen LogP contribution in [-0.4, -0.2) is 36.0 Å². The molecule has 2 atom stereocenters. The second kappa shape index (κ2) is 8.31. The molecule has 6 rings (SSSR count). The number of benzene rings is 2. The van der Waals surface area contributed by atoms with E-state index in [1.165, 1.54) is 39.2 Å². The fourth-order valence-corrected chi connectivity index (χ4v) is 6.61. The molecule has 0 N–H and O–H groups in total. The van der Waals surface area contributed by atoms with E-state index in [4.69, 9.17) is 4.74 Å². The first-order valence-electron chi connectivity index (χ1n) is 11.6. The molecule has 0 spiro atoms. The van der Waals surface area contributed by atoms with Crippen LogP contribution in [0.15, 0.2) is 66.7 Å². The van der Waals surface area contributed by atoms with Gasteiger partial charge in [-0.25, -0.2) is 4.79 Å². The van der Waals surface area contributed by atoms with Crippen LogP contribution in [0.3, 0.4) is 0 Å². The summed E-state index contributed by atoms with van der Waals surface area (Å²) in [6.45, 7) is 0.354. The first kappa shape index (κ1) is 20.4. The molecule has 0 radical (unpaired) electrons. The maximum atomic E-state index is 13.3. The molecule has 3 aromatic rings. The van der Waals surface area contributed by atoms with Gasteiger partial charge in [0.15, 0.2) is 6.29 Å². The summed E-state index contributed by atoms with van der Waals surface area (Å²) < 4.78 is 5.99. The van der Waals surface area contributed by atoms with Crippen LogP contribution in [0.2, 0.25) is 0 Å². The van der Waals surface area contributed by atoms with E-state index in [1.807, 2.05) is 17.0 Å². The number of hydrogen-bond donors (Lipinski definition) is 0. The summed E-state index contributed by atoms with van der Waals surface area (Å²) >= 11 is 1.53. The zero-order valence-corrected chi connectivity index (χ0v) is 19.1. The normalized spacial score (nSPS) is 21.2. The lowest BCUT2D eigenvalue weighted by Gasteiger charge is -2.44. The Balaban J connectivity index is 1.21. The average molecular weight is 456 g/mol. The highest BCUT2D eigenvalue weighted by atomic mass is 32.1. The van der Waals surface area contributed by atoms with Gasteiger partial charge in [0.2, 0.25) is 0 Å². The fraction of sp³-hybridized carbons (Fsp3) is 0.286. The largest absolute Gasteiger partial charge is 0.448 e. The number of rotatable bonds is 4. The SMILES string of the molecule is O=Cc1ccc(C2=CC3CCCC(C2)N3C(=O)OCC2c3ccccc3-c3ccccc32)s1. The molecular weight excluding hydrogens is 430 g/mol. The van der Waals surface area contributed by atoms with Crippen LogP contribution in [0, 0.1) is 0 Å². The number of piperidine rings is 1. The second-order valence-corrected chi connectivity index (χ2v) is 10.2. The van der Waals surface area contributed by atoms with Gasteiger partial charge in [0.05, 0.1) is 10.9 Å². The van der Waals surface area contributed by atoms with Gasteiger partial charge in [0.1, 0.15) is 6.61 Å². The Labute approximate surface area is 197 Å². The Morgan fingerprint density at radius 1 is 1.00 bits per heavy atom. The molecule has 0 saturated carbocycles. The topological polar surface area (TPSA) is 46.6 Å². The van der Waals surface area contributed by atoms with Crippen molar-refractivity contribution in [2.75, 3.05) is 6.61 Å². The number of amides is 1. The lowest BCUT2D eigenvalue weighted by Crippen LogP contribution is -2.51. The molecule has 1 aromatic heterocycles. The van der Waals surface area contributed by atoms with Crippen LogP contribution in [0.1, 0.15) is 57.3 Å². The van der Waals surface area contributed by atoms with Crippen molar-refractivity contribution in [1.82, 2.24) is 4.90 Å². The summed E-state index contributed by atoms with van der Waals surface area (Å²) in [5.41, 5.74) is 6.20. The standard InChI is InChI=1S/C28H25NO3S/c30-16-21-12-13-27(33-21)18-14-19-6-5-7-20(15-18)29(19)28(31)32-17-26-24-10-3-1-8-22(24)23-9-2-4-11-25(23)26/h1-4,8-14,16,19-20,26H,5-7,15,17H2. The molecule has 4 nitrogen and oxygen atoms in total. The van der Waals surface area contributed by atoms with E-state index in [9.17, 15) is 9.59 Å². The number of ether oxygens (including phenoxy) is 1. The predicted octanol–water partition coefficient (Wildman–Crippen LogP) is 6.52. The minimum atomic E-state index is -0.207. The summed E-state index contributed by atoms with van der Waals surface area (Å²) in [5, 5.41) is 0. The Morgan fingerprint density at radius 2 is 1.73 bits per heavy atom. The number of carbonyl (C=O) groups excluding carboxylic acids is 2. The highest BCUT2D eigenvalue weighted by Crippen LogP contribution is 2.45. The molecule has 5 heteroatoms. The van der Waals surface area contributed by atoms with Crippen LogP contribution in [0.4, 0.5) is 4.79 Å². The van der Waals surface area contributed by atoms with E-state index < -0.39 is 0 Å². The lowest BCUT2D eigenvalue weighted by atomic mass is 9.85. The maximum absolute atomic E-state index is 13.3. The quantitative estimate of drug-likeness (QED) is 0.421. The number of fused-ring (bicyclic) bond motifs is 5. The minimum Gasteiger partial charge on any atom is -0.448 e. The van der Waals surface area contributed by atoms with E-state index in [0.717, 1.165) is 41.7 Å². The molecule has 1 amide bonds. The van der Waals surface area contributed by atoms with Crippen LogP contribution in [0.5, 0.6) is 0 Å². The van der Waals surface area contributed by atoms with Gasteiger partial charge >= 0.3 is 6.09 Å². The monoisotopic (exact) mass is 455 g/mol. The van der Waals surface area contributed by atoms with E-state index in [-0.39, 0.29) is 24.1 Å². The van der Waals surface area contributed by atoms with Crippen LogP contribution < -0.4 is 0 Å². The molecule has 2 aromatic carbocycles. The van der Waals surface area contributed by atoms with E-state index in [1.54, 1.807) is 0 Å². The van der Waals surface area contributed by atoms with Gasteiger partial charge in [-0.05, 0) is 65.6 Å². The van der Waals surface area contributed by atoms with Crippen molar-refractivity contribution in [3.8, 4) is 11.1 Å². The third-order valence-electron chi connectivity index (χ3n) is 7.24. The van der Waals surface area contributed by atoms with E-state index in [0.29, 0.717) is 6.61 Å². The molecule has 2 bridgehead atoms. The van der Waals surface area contributed by atoms with Crippen molar-refractivity contribution in [3.05, 3.63) is 87.6 Å². The highest BCUT2D eigenvalue weighted by Gasteiger charge is 2.39. The van der Waals surface area contributed by atoms with Gasteiger partial charge in [0.25, 0.3) is 0 Å². The van der Waals surface area contributed by atoms with Crippen molar-refractivity contribution in [2.45, 2.75) is 43.7 Å². The molecule has 1 saturated heterocycles. The third-order valence-corrected chi connectivity index (χ3v) is 8.33. The zero-order chi connectivity index (χ0) is 22.4. The third kappa shape index (κ3) is 3.51.